The lowest BCUT2D eigenvalue weighted by atomic mass is 10.2. The zero-order valence-corrected chi connectivity index (χ0v) is 11.6. The summed E-state index contributed by atoms with van der Waals surface area (Å²) in [5.74, 6) is 1.09. The second kappa shape index (κ2) is 5.86. The van der Waals surface area contributed by atoms with E-state index in [1.807, 2.05) is 13.8 Å². The maximum Gasteiger partial charge on any atom is 0.244 e. The molecule has 1 aromatic rings. The number of hydrogen-bond acceptors (Lipinski definition) is 5. The minimum atomic E-state index is -0.231. The van der Waals surface area contributed by atoms with Gasteiger partial charge in [0.2, 0.25) is 17.7 Å². The number of rotatable bonds is 5. The zero-order valence-electron chi connectivity index (χ0n) is 11.6. The van der Waals surface area contributed by atoms with Crippen LogP contribution in [0.4, 0.5) is 5.95 Å². The number of carbonyl (C=O) groups excluding carboxylic acids is 1. The van der Waals surface area contributed by atoms with Crippen molar-refractivity contribution in [2.45, 2.75) is 32.7 Å². The molecule has 1 aliphatic rings. The van der Waals surface area contributed by atoms with Crippen LogP contribution in [0.5, 0.6) is 5.88 Å². The molecule has 0 aliphatic carbocycles. The fraction of sp³-hybridized carbons (Fsp3) is 0.615. The summed E-state index contributed by atoms with van der Waals surface area (Å²) in [5.41, 5.74) is 0.822. The molecule has 2 rings (SSSR count). The Kier molecular flexibility index (Phi) is 4.19. The molecule has 19 heavy (non-hydrogen) atoms. The molecule has 6 heteroatoms. The fourth-order valence-corrected chi connectivity index (χ4v) is 2.00. The smallest absolute Gasteiger partial charge is 0.244 e. The molecular formula is C13H20N4O2. The summed E-state index contributed by atoms with van der Waals surface area (Å²) in [6.45, 7) is 5.32. The molecule has 0 aromatic carbocycles. The lowest BCUT2D eigenvalue weighted by molar-refractivity contribution is -0.127. The van der Waals surface area contributed by atoms with Crippen molar-refractivity contribution < 1.29 is 9.53 Å². The third-order valence-electron chi connectivity index (χ3n) is 3.02. The maximum absolute atomic E-state index is 11.8. The van der Waals surface area contributed by atoms with Gasteiger partial charge in [-0.25, -0.2) is 4.98 Å². The topological polar surface area (TPSA) is 67.3 Å². The van der Waals surface area contributed by atoms with Crippen LogP contribution in [-0.2, 0) is 4.79 Å². The molecule has 1 aliphatic heterocycles. The van der Waals surface area contributed by atoms with Gasteiger partial charge >= 0.3 is 0 Å². The lowest BCUT2D eigenvalue weighted by Gasteiger charge is -2.13. The van der Waals surface area contributed by atoms with Crippen molar-refractivity contribution in [1.29, 1.82) is 0 Å². The summed E-state index contributed by atoms with van der Waals surface area (Å²) in [6.07, 6.45) is 1.70. The van der Waals surface area contributed by atoms with Crippen LogP contribution >= 0.6 is 0 Å². The molecule has 1 fully saturated rings. The fourth-order valence-electron chi connectivity index (χ4n) is 2.00. The van der Waals surface area contributed by atoms with Gasteiger partial charge in [-0.1, -0.05) is 6.92 Å². The van der Waals surface area contributed by atoms with Gasteiger partial charge in [0.15, 0.2) is 0 Å². The highest BCUT2D eigenvalue weighted by molar-refractivity contribution is 5.86. The average molecular weight is 264 g/mol. The van der Waals surface area contributed by atoms with E-state index < -0.39 is 0 Å². The molecular weight excluding hydrogens is 244 g/mol. The number of carbonyl (C=O) groups is 1. The van der Waals surface area contributed by atoms with Crippen LogP contribution in [0.15, 0.2) is 6.07 Å². The predicted molar refractivity (Wildman–Crippen MR) is 72.2 cm³/mol. The van der Waals surface area contributed by atoms with Crippen LogP contribution in [-0.4, -0.2) is 47.0 Å². The van der Waals surface area contributed by atoms with Crippen LogP contribution in [0.25, 0.3) is 0 Å². The number of likely N-dealkylation sites (N-methyl/N-ethyl adjacent to an activating group) is 1. The van der Waals surface area contributed by atoms with Crippen LogP contribution < -0.4 is 10.1 Å². The molecule has 2 heterocycles. The van der Waals surface area contributed by atoms with E-state index in [0.29, 0.717) is 18.4 Å². The molecule has 0 bridgehead atoms. The molecule has 1 N–H and O–H groups in total. The third-order valence-corrected chi connectivity index (χ3v) is 3.02. The highest BCUT2D eigenvalue weighted by Crippen LogP contribution is 2.16. The van der Waals surface area contributed by atoms with Crippen molar-refractivity contribution in [3.05, 3.63) is 11.8 Å². The summed E-state index contributed by atoms with van der Waals surface area (Å²) in [6, 6.07) is 1.56. The normalized spacial score (nSPS) is 18.8. The molecule has 0 spiro atoms. The van der Waals surface area contributed by atoms with E-state index in [1.165, 1.54) is 0 Å². The van der Waals surface area contributed by atoms with Crippen molar-refractivity contribution in [1.82, 2.24) is 14.9 Å². The first kappa shape index (κ1) is 13.6. The van der Waals surface area contributed by atoms with Crippen LogP contribution in [0.3, 0.4) is 0 Å². The number of amides is 1. The second-order valence-electron chi connectivity index (χ2n) is 4.77. The number of nitrogens with zero attached hydrogens (tertiary/aromatic N) is 3. The van der Waals surface area contributed by atoms with Crippen molar-refractivity contribution in [2.75, 3.05) is 25.5 Å². The summed E-state index contributed by atoms with van der Waals surface area (Å²) >= 11 is 0. The summed E-state index contributed by atoms with van der Waals surface area (Å²) in [7, 11) is 1.80. The Morgan fingerprint density at radius 2 is 2.32 bits per heavy atom. The molecule has 1 aromatic heterocycles. The molecule has 0 saturated carbocycles. The highest BCUT2D eigenvalue weighted by Gasteiger charge is 2.29. The van der Waals surface area contributed by atoms with E-state index >= 15 is 0 Å². The molecule has 6 nitrogen and oxygen atoms in total. The predicted octanol–water partition coefficient (Wildman–Crippen LogP) is 1.22. The molecule has 1 saturated heterocycles. The van der Waals surface area contributed by atoms with Crippen molar-refractivity contribution in [3.63, 3.8) is 0 Å². The standard InChI is InChI=1S/C13H20N4O2/c1-4-7-19-11-8-9(2)14-13(16-11)15-10-5-6-17(3)12(10)18/h8,10H,4-7H2,1-3H3,(H,14,15,16). The summed E-state index contributed by atoms with van der Waals surface area (Å²) < 4.78 is 5.50. The second-order valence-corrected chi connectivity index (χ2v) is 4.77. The third kappa shape index (κ3) is 3.33. The zero-order chi connectivity index (χ0) is 13.8. The summed E-state index contributed by atoms with van der Waals surface area (Å²) in [4.78, 5) is 22.1. The number of anilines is 1. The van der Waals surface area contributed by atoms with E-state index in [0.717, 1.165) is 25.1 Å². The van der Waals surface area contributed by atoms with Crippen molar-refractivity contribution in [2.24, 2.45) is 0 Å². The van der Waals surface area contributed by atoms with Gasteiger partial charge in [-0.15, -0.1) is 0 Å². The number of hydrogen-bond donors (Lipinski definition) is 1. The Balaban J connectivity index is 2.07. The van der Waals surface area contributed by atoms with Gasteiger partial charge in [0.1, 0.15) is 6.04 Å². The minimum Gasteiger partial charge on any atom is -0.478 e. The van der Waals surface area contributed by atoms with Crippen LogP contribution in [0.2, 0.25) is 0 Å². The van der Waals surface area contributed by atoms with Crippen molar-refractivity contribution in [3.8, 4) is 5.88 Å². The minimum absolute atomic E-state index is 0.0844. The van der Waals surface area contributed by atoms with E-state index in [-0.39, 0.29) is 11.9 Å². The first-order valence-corrected chi connectivity index (χ1v) is 6.60. The monoisotopic (exact) mass is 264 g/mol. The van der Waals surface area contributed by atoms with Gasteiger partial charge in [0.05, 0.1) is 6.61 Å². The number of nitrogens with one attached hydrogen (secondary N) is 1. The quantitative estimate of drug-likeness (QED) is 0.866. The lowest BCUT2D eigenvalue weighted by Crippen LogP contribution is -2.31. The van der Waals surface area contributed by atoms with Crippen molar-refractivity contribution >= 4 is 11.9 Å². The van der Waals surface area contributed by atoms with Crippen LogP contribution in [0, 0.1) is 6.92 Å². The number of likely N-dealkylation sites (tertiary alicyclic amines) is 1. The molecule has 1 atom stereocenters. The van der Waals surface area contributed by atoms with Gasteiger partial charge in [0, 0.05) is 25.4 Å². The van der Waals surface area contributed by atoms with Crippen LogP contribution in [0.1, 0.15) is 25.5 Å². The van der Waals surface area contributed by atoms with E-state index in [9.17, 15) is 4.79 Å². The van der Waals surface area contributed by atoms with Gasteiger partial charge < -0.3 is 15.0 Å². The Labute approximate surface area is 113 Å². The van der Waals surface area contributed by atoms with Gasteiger partial charge in [0.25, 0.3) is 0 Å². The Morgan fingerprint density at radius 3 is 2.95 bits per heavy atom. The van der Waals surface area contributed by atoms with Gasteiger partial charge in [-0.2, -0.15) is 4.98 Å². The molecule has 0 radical (unpaired) electrons. The summed E-state index contributed by atoms with van der Waals surface area (Å²) in [5, 5.41) is 3.09. The first-order chi connectivity index (χ1) is 9.10. The average Bonchev–Trinajstić information content (AvgIpc) is 2.68. The highest BCUT2D eigenvalue weighted by atomic mass is 16.5. The van der Waals surface area contributed by atoms with E-state index in [2.05, 4.69) is 15.3 Å². The first-order valence-electron chi connectivity index (χ1n) is 6.60. The van der Waals surface area contributed by atoms with Gasteiger partial charge in [-0.05, 0) is 19.8 Å². The largest absolute Gasteiger partial charge is 0.478 e. The Hall–Kier alpha value is -1.85. The molecule has 1 amide bonds. The molecule has 104 valence electrons. The maximum atomic E-state index is 11.8. The number of aromatic nitrogens is 2. The Bertz CT molecular complexity index is 464. The molecule has 1 unspecified atom stereocenters. The van der Waals surface area contributed by atoms with Gasteiger partial charge in [-0.3, -0.25) is 4.79 Å². The Morgan fingerprint density at radius 1 is 1.53 bits per heavy atom. The number of ether oxygens (including phenoxy) is 1. The van der Waals surface area contributed by atoms with E-state index in [1.54, 1.807) is 18.0 Å². The SMILES string of the molecule is CCCOc1cc(C)nc(NC2CCN(C)C2=O)n1. The number of aryl methyl sites for hydroxylation is 1. The van der Waals surface area contributed by atoms with E-state index in [4.69, 9.17) is 4.74 Å².